The molecule has 0 aliphatic carbocycles. The van der Waals surface area contributed by atoms with Crippen LogP contribution < -0.4 is 15.0 Å². The van der Waals surface area contributed by atoms with Crippen LogP contribution >= 0.6 is 0 Å². The quantitative estimate of drug-likeness (QED) is 0.706. The lowest BCUT2D eigenvalue weighted by Gasteiger charge is -2.32. The molecule has 5 heteroatoms. The van der Waals surface area contributed by atoms with E-state index in [1.165, 1.54) is 42.8 Å². The molecule has 1 aliphatic rings. The van der Waals surface area contributed by atoms with E-state index in [0.29, 0.717) is 12.2 Å². The van der Waals surface area contributed by atoms with Crippen molar-refractivity contribution in [2.45, 2.75) is 52.2 Å². The van der Waals surface area contributed by atoms with E-state index in [4.69, 9.17) is 4.74 Å². The highest BCUT2D eigenvalue weighted by Gasteiger charge is 2.21. The Kier molecular flexibility index (Phi) is 7.13. The van der Waals surface area contributed by atoms with Crippen molar-refractivity contribution >= 4 is 11.6 Å². The fourth-order valence-corrected chi connectivity index (χ4v) is 3.63. The Balaban J connectivity index is 1.57. The molecule has 1 heterocycles. The van der Waals surface area contributed by atoms with Crippen molar-refractivity contribution in [3.8, 4) is 5.75 Å². The van der Waals surface area contributed by atoms with Gasteiger partial charge in [-0.25, -0.2) is 4.39 Å². The van der Waals surface area contributed by atoms with E-state index in [0.717, 1.165) is 24.6 Å². The molecule has 29 heavy (non-hydrogen) atoms. The van der Waals surface area contributed by atoms with Crippen molar-refractivity contribution in [2.75, 3.05) is 18.0 Å². The summed E-state index contributed by atoms with van der Waals surface area (Å²) in [4.78, 5) is 15.1. The summed E-state index contributed by atoms with van der Waals surface area (Å²) in [5, 5.41) is 3.03. The summed E-state index contributed by atoms with van der Waals surface area (Å²) in [5.74, 6) is 0.801. The van der Waals surface area contributed by atoms with Crippen molar-refractivity contribution in [1.82, 2.24) is 5.32 Å². The minimum Gasteiger partial charge on any atom is -0.481 e. The van der Waals surface area contributed by atoms with Gasteiger partial charge in [0.1, 0.15) is 11.6 Å². The zero-order valence-electron chi connectivity index (χ0n) is 17.5. The largest absolute Gasteiger partial charge is 0.481 e. The van der Waals surface area contributed by atoms with Crippen molar-refractivity contribution in [1.29, 1.82) is 0 Å². The molecule has 1 N–H and O–H groups in total. The van der Waals surface area contributed by atoms with Crippen molar-refractivity contribution in [2.24, 2.45) is 5.92 Å². The predicted molar refractivity (Wildman–Crippen MR) is 115 cm³/mol. The summed E-state index contributed by atoms with van der Waals surface area (Å²) in [6, 6.07) is 14.0. The topological polar surface area (TPSA) is 41.6 Å². The molecule has 3 rings (SSSR count). The molecular formula is C24H31FN2O2. The van der Waals surface area contributed by atoms with Crippen molar-refractivity contribution in [3.05, 3.63) is 59.9 Å². The minimum atomic E-state index is -0.613. The van der Waals surface area contributed by atoms with Gasteiger partial charge in [-0.2, -0.15) is 0 Å². The summed E-state index contributed by atoms with van der Waals surface area (Å²) in [6.07, 6.45) is 2.39. The second kappa shape index (κ2) is 9.77. The van der Waals surface area contributed by atoms with Crippen LogP contribution in [-0.4, -0.2) is 25.1 Å². The van der Waals surface area contributed by atoms with Gasteiger partial charge in [0.2, 0.25) is 0 Å². The maximum atomic E-state index is 13.1. The monoisotopic (exact) mass is 398 g/mol. The molecule has 1 aliphatic heterocycles. The highest BCUT2D eigenvalue weighted by molar-refractivity contribution is 5.81. The van der Waals surface area contributed by atoms with Gasteiger partial charge in [-0.05, 0) is 74.1 Å². The van der Waals surface area contributed by atoms with Gasteiger partial charge in [0.25, 0.3) is 5.91 Å². The summed E-state index contributed by atoms with van der Waals surface area (Å²) in [6.45, 7) is 8.39. The third kappa shape index (κ3) is 5.72. The number of hydrogen-bond donors (Lipinski definition) is 1. The first kappa shape index (κ1) is 21.2. The van der Waals surface area contributed by atoms with E-state index in [1.807, 2.05) is 13.8 Å². The zero-order chi connectivity index (χ0) is 20.8. The Labute approximate surface area is 173 Å². The number of benzene rings is 2. The van der Waals surface area contributed by atoms with Crippen molar-refractivity contribution in [3.63, 3.8) is 0 Å². The number of carbonyl (C=O) groups is 1. The number of nitrogens with zero attached hydrogens (tertiary/aromatic N) is 1. The van der Waals surface area contributed by atoms with Crippen LogP contribution in [0.4, 0.5) is 10.1 Å². The first-order valence-corrected chi connectivity index (χ1v) is 10.5. The van der Waals surface area contributed by atoms with Gasteiger partial charge in [-0.15, -0.1) is 0 Å². The van der Waals surface area contributed by atoms with Crippen LogP contribution in [0.3, 0.4) is 0 Å². The number of rotatable bonds is 7. The zero-order valence-corrected chi connectivity index (χ0v) is 17.5. The number of anilines is 1. The maximum Gasteiger partial charge on any atom is 0.261 e. The van der Waals surface area contributed by atoms with Crippen LogP contribution in [0.2, 0.25) is 0 Å². The van der Waals surface area contributed by atoms with E-state index >= 15 is 0 Å². The minimum absolute atomic E-state index is 0.121. The van der Waals surface area contributed by atoms with Crippen LogP contribution in [-0.2, 0) is 4.79 Å². The molecule has 156 valence electrons. The second-order valence-electron chi connectivity index (χ2n) is 7.96. The van der Waals surface area contributed by atoms with E-state index in [-0.39, 0.29) is 17.8 Å². The maximum absolute atomic E-state index is 13.1. The molecular weight excluding hydrogens is 367 g/mol. The van der Waals surface area contributed by atoms with Gasteiger partial charge in [0.05, 0.1) is 6.04 Å². The first-order chi connectivity index (χ1) is 14.0. The van der Waals surface area contributed by atoms with Gasteiger partial charge >= 0.3 is 0 Å². The van der Waals surface area contributed by atoms with E-state index in [1.54, 1.807) is 0 Å². The summed E-state index contributed by atoms with van der Waals surface area (Å²) >= 11 is 0. The smallest absolute Gasteiger partial charge is 0.261 e. The van der Waals surface area contributed by atoms with Crippen LogP contribution in [0.25, 0.3) is 0 Å². The molecule has 2 atom stereocenters. The molecule has 2 aromatic rings. The Morgan fingerprint density at radius 2 is 1.76 bits per heavy atom. The average molecular weight is 399 g/mol. The summed E-state index contributed by atoms with van der Waals surface area (Å²) in [7, 11) is 0. The third-order valence-electron chi connectivity index (χ3n) is 5.66. The number of nitrogens with one attached hydrogen (secondary N) is 1. The average Bonchev–Trinajstić information content (AvgIpc) is 2.74. The molecule has 1 saturated heterocycles. The lowest BCUT2D eigenvalue weighted by atomic mass is 9.98. The van der Waals surface area contributed by atoms with E-state index in [2.05, 4.69) is 41.4 Å². The summed E-state index contributed by atoms with van der Waals surface area (Å²) in [5.41, 5.74) is 2.30. The molecule has 2 aromatic carbocycles. The summed E-state index contributed by atoms with van der Waals surface area (Å²) < 4.78 is 18.8. The normalized spacial score (nSPS) is 16.9. The lowest BCUT2D eigenvalue weighted by Crippen LogP contribution is -2.39. The molecule has 1 fully saturated rings. The highest BCUT2D eigenvalue weighted by Crippen LogP contribution is 2.25. The lowest BCUT2D eigenvalue weighted by molar-refractivity contribution is -0.128. The van der Waals surface area contributed by atoms with E-state index in [9.17, 15) is 9.18 Å². The van der Waals surface area contributed by atoms with Gasteiger partial charge in [0, 0.05) is 18.8 Å². The van der Waals surface area contributed by atoms with Gasteiger partial charge in [0.15, 0.2) is 6.10 Å². The standard InChI is InChI=1S/C24H31FN2O2/c1-4-23(29-22-11-7-20(25)8-12-22)24(28)26-18(3)19-5-9-21(10-6-19)27-15-13-17(2)14-16-27/h5-12,17-18,23H,4,13-16H2,1-3H3,(H,26,28)/t18-,23-/m1/s1. The van der Waals surface area contributed by atoms with Crippen LogP contribution in [0.5, 0.6) is 5.75 Å². The predicted octanol–water partition coefficient (Wildman–Crippen LogP) is 5.10. The number of amides is 1. The number of ether oxygens (including phenoxy) is 1. The van der Waals surface area contributed by atoms with Gasteiger partial charge in [-0.1, -0.05) is 26.0 Å². The Bertz CT molecular complexity index is 784. The number of halogens is 1. The SMILES string of the molecule is CC[C@@H](Oc1ccc(F)cc1)C(=O)N[C@H](C)c1ccc(N2CCC(C)CC2)cc1. The molecule has 0 saturated carbocycles. The molecule has 0 aromatic heterocycles. The number of piperidine rings is 1. The Morgan fingerprint density at radius 3 is 2.34 bits per heavy atom. The van der Waals surface area contributed by atoms with Crippen molar-refractivity contribution < 1.29 is 13.9 Å². The molecule has 0 bridgehead atoms. The fraction of sp³-hybridized carbons (Fsp3) is 0.458. The number of carbonyl (C=O) groups excluding carboxylic acids is 1. The molecule has 0 unspecified atom stereocenters. The Hall–Kier alpha value is -2.56. The Morgan fingerprint density at radius 1 is 1.14 bits per heavy atom. The molecule has 4 nitrogen and oxygen atoms in total. The van der Waals surface area contributed by atoms with Gasteiger partial charge < -0.3 is 15.0 Å². The van der Waals surface area contributed by atoms with E-state index < -0.39 is 6.10 Å². The van der Waals surface area contributed by atoms with Crippen LogP contribution in [0.15, 0.2) is 48.5 Å². The molecule has 0 radical (unpaired) electrons. The highest BCUT2D eigenvalue weighted by atomic mass is 19.1. The second-order valence-corrected chi connectivity index (χ2v) is 7.96. The van der Waals surface area contributed by atoms with Crippen LogP contribution in [0.1, 0.15) is 51.6 Å². The fourth-order valence-electron chi connectivity index (χ4n) is 3.63. The van der Waals surface area contributed by atoms with Gasteiger partial charge in [-0.3, -0.25) is 4.79 Å². The number of hydrogen-bond acceptors (Lipinski definition) is 3. The molecule has 1 amide bonds. The third-order valence-corrected chi connectivity index (χ3v) is 5.66. The van der Waals surface area contributed by atoms with Crippen LogP contribution in [0, 0.1) is 11.7 Å². The first-order valence-electron chi connectivity index (χ1n) is 10.5. The molecule has 0 spiro atoms.